The lowest BCUT2D eigenvalue weighted by Crippen LogP contribution is -2.21. The molecule has 0 aliphatic rings. The van der Waals surface area contributed by atoms with Crippen LogP contribution in [0.25, 0.3) is 43.6 Å². The van der Waals surface area contributed by atoms with Gasteiger partial charge in [0.1, 0.15) is 0 Å². The average Bonchev–Trinajstić information content (AvgIpc) is 3.07. The molecule has 0 unspecified atom stereocenters. The first-order valence-corrected chi connectivity index (χ1v) is 8.48. The van der Waals surface area contributed by atoms with Crippen molar-refractivity contribution in [3.8, 4) is 0 Å². The van der Waals surface area contributed by atoms with Crippen molar-refractivity contribution in [1.82, 2.24) is 9.55 Å². The Morgan fingerprint density at radius 1 is 0.667 bits per heavy atom. The lowest BCUT2D eigenvalue weighted by atomic mass is 10.1. The predicted octanol–water partition coefficient (Wildman–Crippen LogP) is 6.18. The van der Waals surface area contributed by atoms with E-state index in [1.165, 1.54) is 43.6 Å². The molecular formula is C22H20N2. The average molecular weight is 312 g/mol. The molecule has 2 heterocycles. The summed E-state index contributed by atoms with van der Waals surface area (Å²) in [6.07, 6.45) is 0. The van der Waals surface area contributed by atoms with Crippen molar-refractivity contribution in [2.75, 3.05) is 0 Å². The van der Waals surface area contributed by atoms with E-state index in [-0.39, 0.29) is 5.54 Å². The first kappa shape index (κ1) is 13.7. The molecule has 2 aromatic heterocycles. The Bertz CT molecular complexity index is 1230. The van der Waals surface area contributed by atoms with Crippen LogP contribution in [0.4, 0.5) is 0 Å². The van der Waals surface area contributed by atoms with Gasteiger partial charge in [-0.1, -0.05) is 36.4 Å². The number of rotatable bonds is 0. The summed E-state index contributed by atoms with van der Waals surface area (Å²) < 4.78 is 2.47. The van der Waals surface area contributed by atoms with Gasteiger partial charge in [-0.15, -0.1) is 0 Å². The summed E-state index contributed by atoms with van der Waals surface area (Å²) in [5, 5.41) is 5.23. The minimum Gasteiger partial charge on any atom is -0.354 e. The van der Waals surface area contributed by atoms with Crippen molar-refractivity contribution in [2.45, 2.75) is 26.3 Å². The Balaban J connectivity index is 2.06. The van der Waals surface area contributed by atoms with E-state index < -0.39 is 0 Å². The van der Waals surface area contributed by atoms with Gasteiger partial charge in [-0.2, -0.15) is 0 Å². The molecule has 5 aromatic rings. The fraction of sp³-hybridized carbons (Fsp3) is 0.182. The maximum absolute atomic E-state index is 3.57. The van der Waals surface area contributed by atoms with Crippen LogP contribution >= 0.6 is 0 Å². The van der Waals surface area contributed by atoms with Gasteiger partial charge in [-0.05, 0) is 45.0 Å². The van der Waals surface area contributed by atoms with Crippen LogP contribution in [-0.2, 0) is 5.54 Å². The Hall–Kier alpha value is -2.74. The van der Waals surface area contributed by atoms with Gasteiger partial charge < -0.3 is 9.55 Å². The Kier molecular flexibility index (Phi) is 2.52. The number of aromatic amines is 1. The summed E-state index contributed by atoms with van der Waals surface area (Å²) in [7, 11) is 0. The van der Waals surface area contributed by atoms with Crippen LogP contribution in [0, 0.1) is 0 Å². The molecule has 24 heavy (non-hydrogen) atoms. The smallest absolute Gasteiger partial charge is 0.0504 e. The van der Waals surface area contributed by atoms with E-state index in [9.17, 15) is 0 Å². The van der Waals surface area contributed by atoms with Gasteiger partial charge in [-0.3, -0.25) is 0 Å². The van der Waals surface area contributed by atoms with E-state index >= 15 is 0 Å². The third-order valence-electron chi connectivity index (χ3n) is 4.97. The normalized spacial score (nSPS) is 12.8. The number of H-pyrrole nitrogens is 1. The summed E-state index contributed by atoms with van der Waals surface area (Å²) in [6.45, 7) is 6.83. The lowest BCUT2D eigenvalue weighted by Gasteiger charge is -2.24. The zero-order chi connectivity index (χ0) is 16.5. The zero-order valence-electron chi connectivity index (χ0n) is 14.2. The third kappa shape index (κ3) is 1.71. The van der Waals surface area contributed by atoms with Gasteiger partial charge in [-0.25, -0.2) is 0 Å². The number of para-hydroxylation sites is 2. The topological polar surface area (TPSA) is 20.7 Å². The minimum absolute atomic E-state index is 0.0289. The summed E-state index contributed by atoms with van der Waals surface area (Å²) in [4.78, 5) is 3.57. The second-order valence-electron chi connectivity index (χ2n) is 7.61. The maximum atomic E-state index is 3.57. The number of nitrogens with one attached hydrogen (secondary N) is 1. The molecule has 5 rings (SSSR count). The largest absolute Gasteiger partial charge is 0.354 e. The molecule has 0 saturated heterocycles. The maximum Gasteiger partial charge on any atom is 0.0504 e. The number of hydrogen-bond donors (Lipinski definition) is 1. The second kappa shape index (κ2) is 4.41. The van der Waals surface area contributed by atoms with Gasteiger partial charge in [0.25, 0.3) is 0 Å². The second-order valence-corrected chi connectivity index (χ2v) is 7.61. The SMILES string of the molecule is CC(C)(C)n1c2ccccc2c2cc3[nH]c4ccccc4c3cc21. The van der Waals surface area contributed by atoms with Crippen molar-refractivity contribution in [3.05, 3.63) is 60.7 Å². The van der Waals surface area contributed by atoms with Crippen LogP contribution in [0.2, 0.25) is 0 Å². The Labute approximate surface area is 140 Å². The number of fused-ring (bicyclic) bond motifs is 6. The Morgan fingerprint density at radius 2 is 1.38 bits per heavy atom. The van der Waals surface area contributed by atoms with Gasteiger partial charge in [0.2, 0.25) is 0 Å². The molecule has 0 spiro atoms. The highest BCUT2D eigenvalue weighted by molar-refractivity contribution is 6.17. The van der Waals surface area contributed by atoms with Crippen LogP contribution in [-0.4, -0.2) is 9.55 Å². The fourth-order valence-corrected chi connectivity index (χ4v) is 4.04. The molecule has 0 saturated carbocycles. The summed E-state index contributed by atoms with van der Waals surface area (Å²) >= 11 is 0. The molecule has 0 radical (unpaired) electrons. The molecule has 118 valence electrons. The number of benzene rings is 3. The summed E-state index contributed by atoms with van der Waals surface area (Å²) in [5.41, 5.74) is 5.05. The quantitative estimate of drug-likeness (QED) is 0.352. The minimum atomic E-state index is 0.0289. The third-order valence-corrected chi connectivity index (χ3v) is 4.97. The molecule has 0 aliphatic carbocycles. The van der Waals surface area contributed by atoms with Crippen LogP contribution in [0.15, 0.2) is 60.7 Å². The van der Waals surface area contributed by atoms with Crippen molar-refractivity contribution in [3.63, 3.8) is 0 Å². The van der Waals surface area contributed by atoms with Gasteiger partial charge >= 0.3 is 0 Å². The summed E-state index contributed by atoms with van der Waals surface area (Å²) in [6, 6.07) is 21.9. The highest BCUT2D eigenvalue weighted by Crippen LogP contribution is 2.37. The highest BCUT2D eigenvalue weighted by Gasteiger charge is 2.21. The van der Waals surface area contributed by atoms with Crippen LogP contribution in [0.3, 0.4) is 0 Å². The van der Waals surface area contributed by atoms with E-state index in [2.05, 4.69) is 91.0 Å². The van der Waals surface area contributed by atoms with Gasteiger partial charge in [0, 0.05) is 43.6 Å². The molecule has 2 heteroatoms. The highest BCUT2D eigenvalue weighted by atomic mass is 15.0. The zero-order valence-corrected chi connectivity index (χ0v) is 14.2. The summed E-state index contributed by atoms with van der Waals surface area (Å²) in [5.74, 6) is 0. The Morgan fingerprint density at radius 3 is 2.17 bits per heavy atom. The monoisotopic (exact) mass is 312 g/mol. The van der Waals surface area contributed by atoms with Crippen LogP contribution in [0.5, 0.6) is 0 Å². The lowest BCUT2D eigenvalue weighted by molar-refractivity contribution is 0.423. The van der Waals surface area contributed by atoms with Crippen molar-refractivity contribution >= 4 is 43.6 Å². The molecule has 1 N–H and O–H groups in total. The predicted molar refractivity (Wildman–Crippen MR) is 104 cm³/mol. The number of aromatic nitrogens is 2. The van der Waals surface area contributed by atoms with E-state index in [4.69, 9.17) is 0 Å². The molecule has 2 nitrogen and oxygen atoms in total. The molecule has 0 fully saturated rings. The van der Waals surface area contributed by atoms with E-state index in [0.717, 1.165) is 0 Å². The molecule has 0 atom stereocenters. The molecule has 3 aromatic carbocycles. The van der Waals surface area contributed by atoms with Crippen LogP contribution < -0.4 is 0 Å². The number of hydrogen-bond acceptors (Lipinski definition) is 0. The first-order chi connectivity index (χ1) is 11.5. The van der Waals surface area contributed by atoms with E-state index in [1.54, 1.807) is 0 Å². The molecule has 0 amide bonds. The van der Waals surface area contributed by atoms with E-state index in [1.807, 2.05) is 0 Å². The first-order valence-electron chi connectivity index (χ1n) is 8.48. The number of nitrogens with zero attached hydrogens (tertiary/aromatic N) is 1. The van der Waals surface area contributed by atoms with Crippen molar-refractivity contribution in [1.29, 1.82) is 0 Å². The molecule has 0 bridgehead atoms. The fourth-order valence-electron chi connectivity index (χ4n) is 4.04. The van der Waals surface area contributed by atoms with Gasteiger partial charge in [0.05, 0.1) is 5.52 Å². The van der Waals surface area contributed by atoms with E-state index in [0.29, 0.717) is 0 Å². The molecular weight excluding hydrogens is 292 g/mol. The molecule has 0 aliphatic heterocycles. The van der Waals surface area contributed by atoms with Crippen molar-refractivity contribution in [2.24, 2.45) is 0 Å². The standard InChI is InChI=1S/C22H20N2/c1-22(2,3)24-20-11-7-5-9-15(20)17-12-19-16(13-21(17)24)14-8-4-6-10-18(14)23-19/h4-13,23H,1-3H3. The van der Waals surface area contributed by atoms with Crippen molar-refractivity contribution < 1.29 is 0 Å². The van der Waals surface area contributed by atoms with Crippen LogP contribution in [0.1, 0.15) is 20.8 Å². The van der Waals surface area contributed by atoms with Gasteiger partial charge in [0.15, 0.2) is 0 Å².